The molecule has 96 valence electrons. The molecule has 0 aliphatic carbocycles. The van der Waals surface area contributed by atoms with Crippen molar-refractivity contribution in [1.29, 1.82) is 0 Å². The van der Waals surface area contributed by atoms with Crippen LogP contribution in [0.2, 0.25) is 0 Å². The maximum absolute atomic E-state index is 13.3. The van der Waals surface area contributed by atoms with Crippen molar-refractivity contribution in [2.45, 2.75) is 0 Å². The molecule has 0 unspecified atom stereocenters. The van der Waals surface area contributed by atoms with Crippen LogP contribution in [0.3, 0.4) is 0 Å². The molecular weight excluding hydrogens is 314 g/mol. The molecule has 0 N–H and O–H groups in total. The molecule has 0 saturated carbocycles. The molecule has 5 heteroatoms. The lowest BCUT2D eigenvalue weighted by Crippen LogP contribution is -1.94. The predicted molar refractivity (Wildman–Crippen MR) is 73.8 cm³/mol. The van der Waals surface area contributed by atoms with Gasteiger partial charge in [0.05, 0.1) is 11.0 Å². The van der Waals surface area contributed by atoms with E-state index >= 15 is 0 Å². The van der Waals surface area contributed by atoms with E-state index in [9.17, 15) is 8.78 Å². The van der Waals surface area contributed by atoms with Crippen LogP contribution in [-0.2, 0) is 7.05 Å². The maximum Gasteiger partial charge on any atom is 0.159 e. The SMILES string of the molecule is Cn1c(-c2ccc(F)c(F)c2)nc2ccc(Br)cc21. The summed E-state index contributed by atoms with van der Waals surface area (Å²) in [7, 11) is 1.85. The molecule has 1 heterocycles. The van der Waals surface area contributed by atoms with E-state index in [0.29, 0.717) is 11.4 Å². The van der Waals surface area contributed by atoms with Crippen molar-refractivity contribution >= 4 is 27.0 Å². The van der Waals surface area contributed by atoms with Crippen molar-refractivity contribution < 1.29 is 8.78 Å². The van der Waals surface area contributed by atoms with Gasteiger partial charge in [0.1, 0.15) is 5.82 Å². The van der Waals surface area contributed by atoms with E-state index in [1.54, 1.807) is 0 Å². The largest absolute Gasteiger partial charge is 0.327 e. The molecule has 19 heavy (non-hydrogen) atoms. The molecule has 0 radical (unpaired) electrons. The lowest BCUT2D eigenvalue weighted by molar-refractivity contribution is 0.509. The Labute approximate surface area is 116 Å². The Balaban J connectivity index is 2.24. The standard InChI is InChI=1S/C14H9BrF2N2/c1-19-13-7-9(15)3-5-12(13)18-14(19)8-2-4-10(16)11(17)6-8/h2-7H,1H3. The summed E-state index contributed by atoms with van der Waals surface area (Å²) in [5.41, 5.74) is 2.29. The molecule has 0 aliphatic heterocycles. The van der Waals surface area contributed by atoms with Crippen LogP contribution in [0.5, 0.6) is 0 Å². The van der Waals surface area contributed by atoms with E-state index in [0.717, 1.165) is 27.6 Å². The number of hydrogen-bond acceptors (Lipinski definition) is 1. The van der Waals surface area contributed by atoms with Gasteiger partial charge in [0.25, 0.3) is 0 Å². The number of benzene rings is 2. The van der Waals surface area contributed by atoms with Crippen LogP contribution in [0.1, 0.15) is 0 Å². The van der Waals surface area contributed by atoms with Gasteiger partial charge in [-0.25, -0.2) is 13.8 Å². The second-order valence-corrected chi connectivity index (χ2v) is 5.17. The van der Waals surface area contributed by atoms with Gasteiger partial charge >= 0.3 is 0 Å². The van der Waals surface area contributed by atoms with Gasteiger partial charge in [-0.05, 0) is 36.4 Å². The van der Waals surface area contributed by atoms with E-state index in [1.807, 2.05) is 29.8 Å². The summed E-state index contributed by atoms with van der Waals surface area (Å²) in [6.45, 7) is 0. The number of rotatable bonds is 1. The fraction of sp³-hybridized carbons (Fsp3) is 0.0714. The second-order valence-electron chi connectivity index (χ2n) is 4.26. The third kappa shape index (κ3) is 2.04. The van der Waals surface area contributed by atoms with Gasteiger partial charge in [-0.2, -0.15) is 0 Å². The Morgan fingerprint density at radius 2 is 1.84 bits per heavy atom. The van der Waals surface area contributed by atoms with Crippen LogP contribution in [0.25, 0.3) is 22.4 Å². The van der Waals surface area contributed by atoms with Crippen LogP contribution in [0.15, 0.2) is 40.9 Å². The molecule has 0 atom stereocenters. The average Bonchev–Trinajstić information content (AvgIpc) is 2.70. The number of nitrogens with zero attached hydrogens (tertiary/aromatic N) is 2. The summed E-state index contributed by atoms with van der Waals surface area (Å²) < 4.78 is 29.1. The molecule has 0 aliphatic rings. The zero-order valence-corrected chi connectivity index (χ0v) is 11.6. The van der Waals surface area contributed by atoms with Gasteiger partial charge < -0.3 is 4.57 Å². The predicted octanol–water partition coefficient (Wildman–Crippen LogP) is 4.28. The highest BCUT2D eigenvalue weighted by Crippen LogP contribution is 2.26. The molecule has 3 rings (SSSR count). The van der Waals surface area contributed by atoms with Crippen molar-refractivity contribution in [2.75, 3.05) is 0 Å². The smallest absolute Gasteiger partial charge is 0.159 e. The fourth-order valence-electron chi connectivity index (χ4n) is 2.06. The summed E-state index contributed by atoms with van der Waals surface area (Å²) in [6, 6.07) is 9.50. The molecular formula is C14H9BrF2N2. The topological polar surface area (TPSA) is 17.8 Å². The summed E-state index contributed by atoms with van der Waals surface area (Å²) >= 11 is 3.40. The normalized spacial score (nSPS) is 11.2. The molecule has 2 nitrogen and oxygen atoms in total. The highest BCUT2D eigenvalue weighted by Gasteiger charge is 2.12. The minimum atomic E-state index is -0.870. The van der Waals surface area contributed by atoms with Gasteiger partial charge in [0, 0.05) is 17.1 Å². The van der Waals surface area contributed by atoms with Gasteiger partial charge in [0.2, 0.25) is 0 Å². The Bertz CT molecular complexity index is 780. The summed E-state index contributed by atoms with van der Waals surface area (Å²) in [5, 5.41) is 0. The molecule has 0 fully saturated rings. The van der Waals surface area contributed by atoms with Crippen LogP contribution in [0, 0.1) is 11.6 Å². The Hall–Kier alpha value is -1.75. The summed E-state index contributed by atoms with van der Waals surface area (Å²) in [5.74, 6) is -1.12. The van der Waals surface area contributed by atoms with Gasteiger partial charge in [-0.1, -0.05) is 15.9 Å². The summed E-state index contributed by atoms with van der Waals surface area (Å²) in [4.78, 5) is 4.45. The third-order valence-electron chi connectivity index (χ3n) is 3.02. The van der Waals surface area contributed by atoms with Crippen molar-refractivity contribution in [3.05, 3.63) is 52.5 Å². The van der Waals surface area contributed by atoms with Crippen molar-refractivity contribution in [3.63, 3.8) is 0 Å². The number of halogens is 3. The highest BCUT2D eigenvalue weighted by atomic mass is 79.9. The molecule has 0 bridgehead atoms. The monoisotopic (exact) mass is 322 g/mol. The number of hydrogen-bond donors (Lipinski definition) is 0. The van der Waals surface area contributed by atoms with Crippen LogP contribution in [-0.4, -0.2) is 9.55 Å². The van der Waals surface area contributed by atoms with E-state index in [-0.39, 0.29) is 0 Å². The van der Waals surface area contributed by atoms with Crippen LogP contribution in [0.4, 0.5) is 8.78 Å². The second kappa shape index (κ2) is 4.42. The quantitative estimate of drug-likeness (QED) is 0.653. The molecule has 0 saturated heterocycles. The number of imidazole rings is 1. The van der Waals surface area contributed by atoms with Gasteiger partial charge in [0.15, 0.2) is 11.6 Å². The zero-order chi connectivity index (χ0) is 13.6. The van der Waals surface area contributed by atoms with Gasteiger partial charge in [-0.15, -0.1) is 0 Å². The molecule has 0 spiro atoms. The first kappa shape index (κ1) is 12.3. The lowest BCUT2D eigenvalue weighted by Gasteiger charge is -2.03. The Kier molecular flexibility index (Phi) is 2.86. The minimum Gasteiger partial charge on any atom is -0.327 e. The van der Waals surface area contributed by atoms with E-state index in [2.05, 4.69) is 20.9 Å². The Morgan fingerprint density at radius 1 is 1.05 bits per heavy atom. The maximum atomic E-state index is 13.3. The highest BCUT2D eigenvalue weighted by molar-refractivity contribution is 9.10. The van der Waals surface area contributed by atoms with Gasteiger partial charge in [-0.3, -0.25) is 0 Å². The minimum absolute atomic E-state index is 0.550. The first-order valence-corrected chi connectivity index (χ1v) is 6.43. The summed E-state index contributed by atoms with van der Waals surface area (Å²) in [6.07, 6.45) is 0. The number of fused-ring (bicyclic) bond motifs is 1. The van der Waals surface area contributed by atoms with E-state index in [4.69, 9.17) is 0 Å². The fourth-order valence-corrected chi connectivity index (χ4v) is 2.41. The zero-order valence-electron chi connectivity index (χ0n) is 9.99. The average molecular weight is 323 g/mol. The number of aromatic nitrogens is 2. The van der Waals surface area contributed by atoms with Crippen molar-refractivity contribution in [3.8, 4) is 11.4 Å². The van der Waals surface area contributed by atoms with Crippen molar-refractivity contribution in [2.24, 2.45) is 7.05 Å². The Morgan fingerprint density at radius 3 is 2.58 bits per heavy atom. The van der Waals surface area contributed by atoms with Crippen LogP contribution >= 0.6 is 15.9 Å². The molecule has 1 aromatic heterocycles. The molecule has 3 aromatic rings. The molecule has 2 aromatic carbocycles. The van der Waals surface area contributed by atoms with Crippen LogP contribution < -0.4 is 0 Å². The van der Waals surface area contributed by atoms with E-state index in [1.165, 1.54) is 6.07 Å². The first-order chi connectivity index (χ1) is 9.06. The van der Waals surface area contributed by atoms with Crippen molar-refractivity contribution in [1.82, 2.24) is 9.55 Å². The first-order valence-electron chi connectivity index (χ1n) is 5.63. The number of aryl methyl sites for hydroxylation is 1. The third-order valence-corrected chi connectivity index (χ3v) is 3.51. The van der Waals surface area contributed by atoms with E-state index < -0.39 is 11.6 Å². The molecule has 0 amide bonds. The lowest BCUT2D eigenvalue weighted by atomic mass is 10.2.